The molecule has 6 nitrogen and oxygen atoms in total. The van der Waals surface area contributed by atoms with Crippen LogP contribution in [0.1, 0.15) is 5.82 Å². The van der Waals surface area contributed by atoms with Crippen LogP contribution in [0, 0.1) is 0 Å². The summed E-state index contributed by atoms with van der Waals surface area (Å²) in [5, 5.41) is 11.8. The number of imidazole rings is 1. The molecule has 0 atom stereocenters. The largest absolute Gasteiger partial charge is 0.394 e. The number of aliphatic hydroxyl groups is 1. The molecule has 1 aromatic rings. The van der Waals surface area contributed by atoms with Crippen LogP contribution in [0.3, 0.4) is 0 Å². The van der Waals surface area contributed by atoms with Crippen molar-refractivity contribution < 1.29 is 14.6 Å². The van der Waals surface area contributed by atoms with Gasteiger partial charge in [-0.05, 0) is 0 Å². The van der Waals surface area contributed by atoms with Crippen LogP contribution in [0.15, 0.2) is 12.4 Å². The van der Waals surface area contributed by atoms with Gasteiger partial charge in [0, 0.05) is 32.6 Å². The SMILES string of the molecule is COCCNCc1nccn1CCOCCO. The number of nitrogens with zero attached hydrogens (tertiary/aromatic N) is 2. The maximum Gasteiger partial charge on any atom is 0.122 e. The number of rotatable bonds is 10. The van der Waals surface area contributed by atoms with Crippen molar-refractivity contribution in [2.24, 2.45) is 0 Å². The van der Waals surface area contributed by atoms with Gasteiger partial charge in [0.15, 0.2) is 0 Å². The van der Waals surface area contributed by atoms with Gasteiger partial charge in [-0.3, -0.25) is 0 Å². The summed E-state index contributed by atoms with van der Waals surface area (Å²) in [6, 6.07) is 0. The average molecular weight is 243 g/mol. The Bertz CT molecular complexity index is 265. The predicted octanol–water partition coefficient (Wildman–Crippen LogP) is -0.372. The third kappa shape index (κ3) is 5.78. The van der Waals surface area contributed by atoms with Gasteiger partial charge in [-0.1, -0.05) is 0 Å². The monoisotopic (exact) mass is 243 g/mol. The van der Waals surface area contributed by atoms with E-state index in [0.717, 1.165) is 25.5 Å². The van der Waals surface area contributed by atoms with Crippen LogP contribution in [0.4, 0.5) is 0 Å². The summed E-state index contributed by atoms with van der Waals surface area (Å²) in [6.07, 6.45) is 3.70. The first-order valence-electron chi connectivity index (χ1n) is 5.76. The summed E-state index contributed by atoms with van der Waals surface area (Å²) in [5.74, 6) is 0.980. The molecule has 0 saturated heterocycles. The van der Waals surface area contributed by atoms with Gasteiger partial charge in [-0.2, -0.15) is 0 Å². The van der Waals surface area contributed by atoms with Crippen molar-refractivity contribution in [2.75, 3.05) is 40.1 Å². The summed E-state index contributed by atoms with van der Waals surface area (Å²) in [5.41, 5.74) is 0. The zero-order chi connectivity index (χ0) is 12.3. The van der Waals surface area contributed by atoms with Crippen molar-refractivity contribution in [1.82, 2.24) is 14.9 Å². The number of aromatic nitrogens is 2. The van der Waals surface area contributed by atoms with Crippen LogP contribution >= 0.6 is 0 Å². The minimum Gasteiger partial charge on any atom is -0.394 e. The topological polar surface area (TPSA) is 68.5 Å². The van der Waals surface area contributed by atoms with Crippen LogP contribution in [-0.2, 0) is 22.6 Å². The van der Waals surface area contributed by atoms with Crippen LogP contribution in [0.2, 0.25) is 0 Å². The van der Waals surface area contributed by atoms with Crippen molar-refractivity contribution in [3.63, 3.8) is 0 Å². The molecule has 17 heavy (non-hydrogen) atoms. The predicted molar refractivity (Wildman–Crippen MR) is 63.7 cm³/mol. The van der Waals surface area contributed by atoms with Gasteiger partial charge in [-0.15, -0.1) is 0 Å². The van der Waals surface area contributed by atoms with E-state index >= 15 is 0 Å². The highest BCUT2D eigenvalue weighted by Gasteiger charge is 2.01. The van der Waals surface area contributed by atoms with Crippen molar-refractivity contribution in [2.45, 2.75) is 13.1 Å². The highest BCUT2D eigenvalue weighted by Crippen LogP contribution is 1.97. The molecule has 0 amide bonds. The average Bonchev–Trinajstić information content (AvgIpc) is 2.78. The third-order valence-electron chi connectivity index (χ3n) is 2.28. The van der Waals surface area contributed by atoms with E-state index in [0.29, 0.717) is 19.8 Å². The van der Waals surface area contributed by atoms with Gasteiger partial charge >= 0.3 is 0 Å². The van der Waals surface area contributed by atoms with E-state index in [1.165, 1.54) is 0 Å². The van der Waals surface area contributed by atoms with Crippen molar-refractivity contribution >= 4 is 0 Å². The van der Waals surface area contributed by atoms with E-state index in [-0.39, 0.29) is 6.61 Å². The van der Waals surface area contributed by atoms with Gasteiger partial charge < -0.3 is 24.5 Å². The van der Waals surface area contributed by atoms with Gasteiger partial charge in [0.1, 0.15) is 5.82 Å². The number of hydrogen-bond acceptors (Lipinski definition) is 5. The molecule has 2 N–H and O–H groups in total. The Kier molecular flexibility index (Phi) is 7.57. The molecule has 0 aliphatic rings. The Labute approximate surface area is 102 Å². The molecule has 98 valence electrons. The smallest absolute Gasteiger partial charge is 0.122 e. The number of aliphatic hydroxyl groups excluding tert-OH is 1. The molecule has 0 spiro atoms. The number of ether oxygens (including phenoxy) is 2. The first-order valence-corrected chi connectivity index (χ1v) is 5.76. The molecule has 0 saturated carbocycles. The second kappa shape index (κ2) is 9.12. The summed E-state index contributed by atoms with van der Waals surface area (Å²) in [4.78, 5) is 4.27. The number of nitrogens with one attached hydrogen (secondary N) is 1. The lowest BCUT2D eigenvalue weighted by molar-refractivity contribution is 0.0865. The lowest BCUT2D eigenvalue weighted by atomic mass is 10.5. The van der Waals surface area contributed by atoms with E-state index in [1.54, 1.807) is 13.3 Å². The van der Waals surface area contributed by atoms with Crippen molar-refractivity contribution in [1.29, 1.82) is 0 Å². The molecule has 1 rings (SSSR count). The Hall–Kier alpha value is -0.950. The van der Waals surface area contributed by atoms with Crippen LogP contribution in [0.5, 0.6) is 0 Å². The molecule has 0 radical (unpaired) electrons. The fourth-order valence-electron chi connectivity index (χ4n) is 1.41. The minimum absolute atomic E-state index is 0.0648. The van der Waals surface area contributed by atoms with E-state index < -0.39 is 0 Å². The molecule has 1 heterocycles. The summed E-state index contributed by atoms with van der Waals surface area (Å²) in [6.45, 7) is 4.01. The van der Waals surface area contributed by atoms with Crippen molar-refractivity contribution in [3.05, 3.63) is 18.2 Å². The molecule has 1 aromatic heterocycles. The molecular weight excluding hydrogens is 222 g/mol. The lowest BCUT2D eigenvalue weighted by Gasteiger charge is -2.08. The molecule has 0 fully saturated rings. The summed E-state index contributed by atoms with van der Waals surface area (Å²) < 4.78 is 12.2. The molecule has 0 aliphatic carbocycles. The Balaban J connectivity index is 2.22. The molecule has 0 aromatic carbocycles. The standard InChI is InChI=1S/C11H21N3O3/c1-16-7-3-12-10-11-13-2-4-14(11)5-8-17-9-6-15/h2,4,12,15H,3,5-10H2,1H3. The Morgan fingerprint density at radius 2 is 2.29 bits per heavy atom. The molecular formula is C11H21N3O3. The second-order valence-electron chi connectivity index (χ2n) is 3.54. The van der Waals surface area contributed by atoms with Crippen LogP contribution in [0.25, 0.3) is 0 Å². The van der Waals surface area contributed by atoms with E-state index in [2.05, 4.69) is 10.3 Å². The maximum atomic E-state index is 8.58. The Morgan fingerprint density at radius 3 is 3.06 bits per heavy atom. The first-order chi connectivity index (χ1) is 8.38. The van der Waals surface area contributed by atoms with Gasteiger partial charge in [0.2, 0.25) is 0 Å². The fourth-order valence-corrected chi connectivity index (χ4v) is 1.41. The normalized spacial score (nSPS) is 10.9. The third-order valence-corrected chi connectivity index (χ3v) is 2.28. The van der Waals surface area contributed by atoms with Gasteiger partial charge in [0.05, 0.1) is 33.0 Å². The highest BCUT2D eigenvalue weighted by atomic mass is 16.5. The van der Waals surface area contributed by atoms with Gasteiger partial charge in [0.25, 0.3) is 0 Å². The van der Waals surface area contributed by atoms with Crippen molar-refractivity contribution in [3.8, 4) is 0 Å². The molecule has 0 unspecified atom stereocenters. The maximum absolute atomic E-state index is 8.58. The summed E-state index contributed by atoms with van der Waals surface area (Å²) in [7, 11) is 1.68. The van der Waals surface area contributed by atoms with E-state index in [1.807, 2.05) is 10.8 Å². The van der Waals surface area contributed by atoms with E-state index in [9.17, 15) is 0 Å². The first kappa shape index (κ1) is 14.1. The minimum atomic E-state index is 0.0648. The molecule has 0 aliphatic heterocycles. The summed E-state index contributed by atoms with van der Waals surface area (Å²) >= 11 is 0. The zero-order valence-electron chi connectivity index (χ0n) is 10.3. The van der Waals surface area contributed by atoms with E-state index in [4.69, 9.17) is 14.6 Å². The highest BCUT2D eigenvalue weighted by molar-refractivity contribution is 4.91. The Morgan fingerprint density at radius 1 is 1.41 bits per heavy atom. The fraction of sp³-hybridized carbons (Fsp3) is 0.727. The zero-order valence-corrected chi connectivity index (χ0v) is 10.3. The lowest BCUT2D eigenvalue weighted by Crippen LogP contribution is -2.21. The van der Waals surface area contributed by atoms with Crippen LogP contribution < -0.4 is 5.32 Å². The second-order valence-corrected chi connectivity index (χ2v) is 3.54. The number of methoxy groups -OCH3 is 1. The van der Waals surface area contributed by atoms with Gasteiger partial charge in [-0.25, -0.2) is 4.98 Å². The van der Waals surface area contributed by atoms with Crippen LogP contribution in [-0.4, -0.2) is 54.7 Å². The number of hydrogen-bond donors (Lipinski definition) is 2. The molecule has 6 heteroatoms. The quantitative estimate of drug-likeness (QED) is 0.549. The molecule has 0 bridgehead atoms.